The predicted molar refractivity (Wildman–Crippen MR) is 44.7 cm³/mol. The van der Waals surface area contributed by atoms with E-state index in [4.69, 9.17) is 15.2 Å². The average Bonchev–Trinajstić information content (AvgIpc) is 2.04. The Hall–Kier alpha value is -0.905. The summed E-state index contributed by atoms with van der Waals surface area (Å²) in [6.07, 6.45) is 0.696. The first-order valence-corrected chi connectivity index (χ1v) is 3.61. The number of hydrogen-bond donors (Lipinski definition) is 3. The fourth-order valence-corrected chi connectivity index (χ4v) is 0.817. The van der Waals surface area contributed by atoms with Crippen molar-refractivity contribution in [2.75, 3.05) is 0 Å². The van der Waals surface area contributed by atoms with E-state index in [-0.39, 0.29) is 0 Å². The molecule has 0 amide bonds. The monoisotopic (exact) mass is 167 g/mol. The van der Waals surface area contributed by atoms with Crippen LogP contribution in [-0.4, -0.2) is 27.3 Å². The number of rotatable bonds is 2. The summed E-state index contributed by atoms with van der Waals surface area (Å²) in [6.45, 7) is 1.59. The lowest BCUT2D eigenvalue weighted by molar-refractivity contribution is 0.194. The molecule has 3 N–H and O–H groups in total. The molecule has 0 spiro atoms. The molecule has 0 aliphatic carbocycles. The largest absolute Gasteiger partial charge is 0.490 e. The molecule has 0 aliphatic rings. The summed E-state index contributed by atoms with van der Waals surface area (Å²) in [5.41, 5.74) is 0.832. The molecular formula is C7H10BNO3. The highest BCUT2D eigenvalue weighted by atomic mass is 16.4. The molecule has 0 saturated heterocycles. The first kappa shape index (κ1) is 9.19. The van der Waals surface area contributed by atoms with Crippen molar-refractivity contribution in [1.29, 1.82) is 0 Å². The average molecular weight is 167 g/mol. The van der Waals surface area contributed by atoms with Gasteiger partial charge in [-0.15, -0.1) is 0 Å². The Kier molecular flexibility index (Phi) is 2.81. The van der Waals surface area contributed by atoms with E-state index in [2.05, 4.69) is 4.98 Å². The lowest BCUT2D eigenvalue weighted by Gasteiger charge is -2.03. The van der Waals surface area contributed by atoms with Crippen LogP contribution in [0.25, 0.3) is 0 Å². The summed E-state index contributed by atoms with van der Waals surface area (Å²) in [5, 5.41) is 26.5. The maximum atomic E-state index is 9.07. The topological polar surface area (TPSA) is 73.6 Å². The van der Waals surface area contributed by atoms with Gasteiger partial charge in [0.2, 0.25) is 0 Å². The van der Waals surface area contributed by atoms with Gasteiger partial charge in [0.05, 0.1) is 11.8 Å². The van der Waals surface area contributed by atoms with E-state index in [0.717, 1.165) is 0 Å². The third kappa shape index (κ3) is 2.04. The molecule has 4 nitrogen and oxygen atoms in total. The Morgan fingerprint density at radius 2 is 2.08 bits per heavy atom. The summed E-state index contributed by atoms with van der Waals surface area (Å²) in [4.78, 5) is 3.83. The van der Waals surface area contributed by atoms with Crippen LogP contribution in [0.2, 0.25) is 0 Å². The van der Waals surface area contributed by atoms with Crippen LogP contribution in [0.4, 0.5) is 0 Å². The molecule has 12 heavy (non-hydrogen) atoms. The Bertz CT molecular complexity index is 220. The minimum atomic E-state index is -1.50. The minimum Gasteiger partial charge on any atom is -0.423 e. The molecule has 1 heterocycles. The maximum Gasteiger partial charge on any atom is 0.490 e. The van der Waals surface area contributed by atoms with Crippen LogP contribution in [0.5, 0.6) is 0 Å². The van der Waals surface area contributed by atoms with E-state index < -0.39 is 13.2 Å². The molecule has 0 aliphatic heterocycles. The first-order chi connectivity index (χ1) is 5.61. The highest BCUT2D eigenvalue weighted by molar-refractivity contribution is 6.58. The highest BCUT2D eigenvalue weighted by Gasteiger charge is 2.11. The Morgan fingerprint density at radius 1 is 1.42 bits per heavy atom. The molecule has 64 valence electrons. The van der Waals surface area contributed by atoms with Crippen LogP contribution in [0, 0.1) is 0 Å². The normalized spacial score (nSPS) is 12.7. The Balaban J connectivity index is 2.86. The molecular weight excluding hydrogens is 157 g/mol. The predicted octanol–water partition coefficient (Wildman–Crippen LogP) is -1.19. The zero-order valence-electron chi connectivity index (χ0n) is 6.68. The van der Waals surface area contributed by atoms with Gasteiger partial charge in [0, 0.05) is 11.7 Å². The summed E-state index contributed by atoms with van der Waals surface area (Å²) < 4.78 is 0. The van der Waals surface area contributed by atoms with Crippen molar-refractivity contribution >= 4 is 12.6 Å². The molecule has 1 atom stereocenters. The second-order valence-electron chi connectivity index (χ2n) is 2.57. The van der Waals surface area contributed by atoms with Crippen LogP contribution in [0.15, 0.2) is 18.3 Å². The number of nitrogens with zero attached hydrogens (tertiary/aromatic N) is 1. The lowest BCUT2D eigenvalue weighted by Crippen LogP contribution is -2.30. The van der Waals surface area contributed by atoms with Gasteiger partial charge in [-0.2, -0.15) is 0 Å². The standard InChI is InChI=1S/C7H10BNO3/c1-5(10)7-3-2-6(4-9-7)8(11)12/h2-5,10-12H,1H3. The summed E-state index contributed by atoms with van der Waals surface area (Å²) >= 11 is 0. The van der Waals surface area contributed by atoms with Crippen molar-refractivity contribution in [3.05, 3.63) is 24.0 Å². The van der Waals surface area contributed by atoms with Crippen LogP contribution < -0.4 is 5.46 Å². The number of aliphatic hydroxyl groups is 1. The summed E-state index contributed by atoms with van der Waals surface area (Å²) in [7, 11) is -1.50. The minimum absolute atomic E-state index is 0.319. The second-order valence-corrected chi connectivity index (χ2v) is 2.57. The van der Waals surface area contributed by atoms with Gasteiger partial charge in [-0.3, -0.25) is 4.98 Å². The number of pyridine rings is 1. The third-order valence-corrected chi connectivity index (χ3v) is 1.54. The van der Waals surface area contributed by atoms with Gasteiger partial charge in [0.1, 0.15) is 0 Å². The number of aliphatic hydroxyl groups excluding tert-OH is 1. The van der Waals surface area contributed by atoms with E-state index >= 15 is 0 Å². The molecule has 0 radical (unpaired) electrons. The van der Waals surface area contributed by atoms with Crippen molar-refractivity contribution < 1.29 is 15.2 Å². The lowest BCUT2D eigenvalue weighted by atomic mass is 9.81. The fraction of sp³-hybridized carbons (Fsp3) is 0.286. The van der Waals surface area contributed by atoms with Gasteiger partial charge in [-0.05, 0) is 13.0 Å². The van der Waals surface area contributed by atoms with E-state index in [1.807, 2.05) is 0 Å². The van der Waals surface area contributed by atoms with Crippen molar-refractivity contribution in [1.82, 2.24) is 4.98 Å². The zero-order valence-corrected chi connectivity index (χ0v) is 6.68. The van der Waals surface area contributed by atoms with Crippen molar-refractivity contribution in [3.63, 3.8) is 0 Å². The SMILES string of the molecule is CC(O)c1ccc(B(O)O)cn1. The van der Waals surface area contributed by atoms with Crippen LogP contribution in [-0.2, 0) is 0 Å². The molecule has 0 saturated carbocycles. The van der Waals surface area contributed by atoms with Crippen molar-refractivity contribution in [2.24, 2.45) is 0 Å². The molecule has 0 fully saturated rings. The van der Waals surface area contributed by atoms with Crippen LogP contribution in [0.1, 0.15) is 18.7 Å². The summed E-state index contributed by atoms with van der Waals surface area (Å²) in [6, 6.07) is 3.07. The molecule has 1 rings (SSSR count). The quantitative estimate of drug-likeness (QED) is 0.484. The van der Waals surface area contributed by atoms with Crippen molar-refractivity contribution in [3.8, 4) is 0 Å². The molecule has 1 aromatic heterocycles. The summed E-state index contributed by atoms with van der Waals surface area (Å²) in [5.74, 6) is 0. The number of aromatic nitrogens is 1. The van der Waals surface area contributed by atoms with Gasteiger partial charge in [0.15, 0.2) is 0 Å². The molecule has 1 unspecified atom stereocenters. The zero-order chi connectivity index (χ0) is 9.14. The van der Waals surface area contributed by atoms with Gasteiger partial charge < -0.3 is 15.2 Å². The van der Waals surface area contributed by atoms with E-state index in [1.54, 1.807) is 13.0 Å². The van der Waals surface area contributed by atoms with Crippen LogP contribution in [0.3, 0.4) is 0 Å². The molecule has 1 aromatic rings. The van der Waals surface area contributed by atoms with Gasteiger partial charge in [-0.25, -0.2) is 0 Å². The van der Waals surface area contributed by atoms with E-state index in [9.17, 15) is 0 Å². The molecule has 5 heteroatoms. The van der Waals surface area contributed by atoms with Crippen molar-refractivity contribution in [2.45, 2.75) is 13.0 Å². The first-order valence-electron chi connectivity index (χ1n) is 3.61. The van der Waals surface area contributed by atoms with Gasteiger partial charge in [-0.1, -0.05) is 6.07 Å². The Labute approximate surface area is 70.7 Å². The van der Waals surface area contributed by atoms with E-state index in [0.29, 0.717) is 11.2 Å². The second kappa shape index (κ2) is 3.66. The van der Waals surface area contributed by atoms with E-state index in [1.165, 1.54) is 12.3 Å². The van der Waals surface area contributed by atoms with Gasteiger partial charge >= 0.3 is 7.12 Å². The smallest absolute Gasteiger partial charge is 0.423 e. The third-order valence-electron chi connectivity index (χ3n) is 1.54. The fourth-order valence-electron chi connectivity index (χ4n) is 0.817. The number of hydrogen-bond acceptors (Lipinski definition) is 4. The van der Waals surface area contributed by atoms with Gasteiger partial charge in [0.25, 0.3) is 0 Å². The molecule has 0 aromatic carbocycles. The molecule has 0 bridgehead atoms. The highest BCUT2D eigenvalue weighted by Crippen LogP contribution is 2.05. The Morgan fingerprint density at radius 3 is 2.42 bits per heavy atom. The maximum absolute atomic E-state index is 9.07. The van der Waals surface area contributed by atoms with Crippen LogP contribution >= 0.6 is 0 Å².